The highest BCUT2D eigenvalue weighted by molar-refractivity contribution is 5.64. The van der Waals surface area contributed by atoms with Crippen molar-refractivity contribution in [1.82, 2.24) is 9.78 Å². The number of aromatic nitrogens is 2. The standard InChI is InChI=1S/C13H22N4/c1-3-17-12(11(14)9(2)16-17)15-8-13(6-7-13)10-4-5-10/h10,15H,3-8,14H2,1-2H3. The van der Waals surface area contributed by atoms with Gasteiger partial charge in [0.05, 0.1) is 11.4 Å². The first kappa shape index (κ1) is 10.9. The zero-order chi connectivity index (χ0) is 12.0. The quantitative estimate of drug-likeness (QED) is 0.822. The van der Waals surface area contributed by atoms with Crippen molar-refractivity contribution in [2.24, 2.45) is 11.3 Å². The summed E-state index contributed by atoms with van der Waals surface area (Å²) in [7, 11) is 0. The third-order valence-corrected chi connectivity index (χ3v) is 4.42. The Kier molecular flexibility index (Phi) is 2.35. The molecule has 94 valence electrons. The van der Waals surface area contributed by atoms with Crippen molar-refractivity contribution in [3.05, 3.63) is 5.69 Å². The Bertz CT molecular complexity index is 427. The molecule has 1 aromatic rings. The van der Waals surface area contributed by atoms with Crippen molar-refractivity contribution < 1.29 is 0 Å². The van der Waals surface area contributed by atoms with Gasteiger partial charge in [0.2, 0.25) is 0 Å². The van der Waals surface area contributed by atoms with Crippen molar-refractivity contribution in [3.8, 4) is 0 Å². The van der Waals surface area contributed by atoms with Crippen LogP contribution in [0.25, 0.3) is 0 Å². The highest BCUT2D eigenvalue weighted by Gasteiger charge is 2.53. The smallest absolute Gasteiger partial charge is 0.148 e. The van der Waals surface area contributed by atoms with E-state index in [9.17, 15) is 0 Å². The van der Waals surface area contributed by atoms with Gasteiger partial charge in [-0.25, -0.2) is 4.68 Å². The van der Waals surface area contributed by atoms with Crippen molar-refractivity contribution in [1.29, 1.82) is 0 Å². The lowest BCUT2D eigenvalue weighted by atomic mass is 10.0. The molecule has 1 aromatic heterocycles. The van der Waals surface area contributed by atoms with E-state index >= 15 is 0 Å². The summed E-state index contributed by atoms with van der Waals surface area (Å²) in [6, 6.07) is 0. The second-order valence-electron chi connectivity index (χ2n) is 5.65. The minimum Gasteiger partial charge on any atom is -0.394 e. The second-order valence-corrected chi connectivity index (χ2v) is 5.65. The zero-order valence-electron chi connectivity index (χ0n) is 10.8. The van der Waals surface area contributed by atoms with E-state index in [-0.39, 0.29) is 0 Å². The lowest BCUT2D eigenvalue weighted by Gasteiger charge is -2.17. The maximum absolute atomic E-state index is 6.07. The number of nitrogens with one attached hydrogen (secondary N) is 1. The van der Waals surface area contributed by atoms with Gasteiger partial charge in [0.15, 0.2) is 0 Å². The number of nitrogens with two attached hydrogens (primary N) is 1. The number of nitrogens with zero attached hydrogens (tertiary/aromatic N) is 2. The van der Waals surface area contributed by atoms with Gasteiger partial charge in [0.1, 0.15) is 5.82 Å². The molecular formula is C13H22N4. The van der Waals surface area contributed by atoms with Gasteiger partial charge in [-0.15, -0.1) is 0 Å². The van der Waals surface area contributed by atoms with Crippen LogP contribution in [0.4, 0.5) is 11.5 Å². The van der Waals surface area contributed by atoms with E-state index in [0.717, 1.165) is 36.2 Å². The lowest BCUT2D eigenvalue weighted by molar-refractivity contribution is 0.464. The molecular weight excluding hydrogens is 212 g/mol. The van der Waals surface area contributed by atoms with Crippen LogP contribution >= 0.6 is 0 Å². The summed E-state index contributed by atoms with van der Waals surface area (Å²) in [6.07, 6.45) is 5.65. The summed E-state index contributed by atoms with van der Waals surface area (Å²) in [5, 5.41) is 7.99. The van der Waals surface area contributed by atoms with Crippen LogP contribution in [0.15, 0.2) is 0 Å². The molecule has 0 atom stereocenters. The fourth-order valence-electron chi connectivity index (χ4n) is 2.86. The number of hydrogen-bond donors (Lipinski definition) is 2. The SMILES string of the molecule is CCn1nc(C)c(N)c1NCC1(C2CC2)CC1. The summed E-state index contributed by atoms with van der Waals surface area (Å²) >= 11 is 0. The van der Waals surface area contributed by atoms with Gasteiger partial charge in [-0.1, -0.05) is 0 Å². The first-order chi connectivity index (χ1) is 8.16. The van der Waals surface area contributed by atoms with Crippen LogP contribution in [0.3, 0.4) is 0 Å². The molecule has 0 amide bonds. The van der Waals surface area contributed by atoms with E-state index in [4.69, 9.17) is 5.73 Å². The molecule has 2 fully saturated rings. The monoisotopic (exact) mass is 234 g/mol. The zero-order valence-corrected chi connectivity index (χ0v) is 10.8. The largest absolute Gasteiger partial charge is 0.394 e. The van der Waals surface area contributed by atoms with Crippen molar-refractivity contribution in [2.75, 3.05) is 17.6 Å². The van der Waals surface area contributed by atoms with E-state index in [1.165, 1.54) is 25.7 Å². The molecule has 0 spiro atoms. The number of anilines is 2. The molecule has 0 saturated heterocycles. The molecule has 1 heterocycles. The van der Waals surface area contributed by atoms with Gasteiger partial charge < -0.3 is 11.1 Å². The van der Waals surface area contributed by atoms with Gasteiger partial charge in [-0.05, 0) is 50.9 Å². The van der Waals surface area contributed by atoms with Crippen LogP contribution in [0.5, 0.6) is 0 Å². The summed E-state index contributed by atoms with van der Waals surface area (Å²) in [5.74, 6) is 2.01. The third-order valence-electron chi connectivity index (χ3n) is 4.42. The fourth-order valence-corrected chi connectivity index (χ4v) is 2.86. The molecule has 0 radical (unpaired) electrons. The molecule has 2 saturated carbocycles. The van der Waals surface area contributed by atoms with Crippen LogP contribution in [0, 0.1) is 18.3 Å². The minimum atomic E-state index is 0.600. The van der Waals surface area contributed by atoms with Crippen LogP contribution < -0.4 is 11.1 Å². The first-order valence-electron chi connectivity index (χ1n) is 6.73. The van der Waals surface area contributed by atoms with Crippen molar-refractivity contribution in [3.63, 3.8) is 0 Å². The van der Waals surface area contributed by atoms with Crippen molar-refractivity contribution >= 4 is 11.5 Å². The molecule has 2 aliphatic rings. The fraction of sp³-hybridized carbons (Fsp3) is 0.769. The molecule has 0 aromatic carbocycles. The summed E-state index contributed by atoms with van der Waals surface area (Å²) < 4.78 is 1.98. The van der Waals surface area contributed by atoms with Gasteiger partial charge >= 0.3 is 0 Å². The molecule has 0 unspecified atom stereocenters. The van der Waals surface area contributed by atoms with Gasteiger partial charge in [-0.3, -0.25) is 0 Å². The number of rotatable bonds is 5. The van der Waals surface area contributed by atoms with E-state index in [1.54, 1.807) is 0 Å². The van der Waals surface area contributed by atoms with Gasteiger partial charge in [0.25, 0.3) is 0 Å². The highest BCUT2D eigenvalue weighted by atomic mass is 15.3. The van der Waals surface area contributed by atoms with Crippen LogP contribution in [-0.2, 0) is 6.54 Å². The highest BCUT2D eigenvalue weighted by Crippen LogP contribution is 2.61. The maximum atomic E-state index is 6.07. The minimum absolute atomic E-state index is 0.600. The Labute approximate surface area is 103 Å². The topological polar surface area (TPSA) is 55.9 Å². The second kappa shape index (κ2) is 3.65. The van der Waals surface area contributed by atoms with E-state index in [2.05, 4.69) is 17.3 Å². The molecule has 17 heavy (non-hydrogen) atoms. The molecule has 2 aliphatic carbocycles. The van der Waals surface area contributed by atoms with Crippen LogP contribution in [0.2, 0.25) is 0 Å². The molecule has 3 rings (SSSR count). The van der Waals surface area contributed by atoms with Crippen LogP contribution in [0.1, 0.15) is 38.3 Å². The number of nitrogen functional groups attached to an aromatic ring is 1. The number of hydrogen-bond acceptors (Lipinski definition) is 3. The predicted molar refractivity (Wildman–Crippen MR) is 69.9 cm³/mol. The number of aryl methyl sites for hydroxylation is 2. The van der Waals surface area contributed by atoms with E-state index in [1.807, 2.05) is 11.6 Å². The lowest BCUT2D eigenvalue weighted by Crippen LogP contribution is -2.19. The maximum Gasteiger partial charge on any atom is 0.148 e. The Morgan fingerprint density at radius 2 is 2.18 bits per heavy atom. The van der Waals surface area contributed by atoms with Crippen molar-refractivity contribution in [2.45, 2.75) is 46.1 Å². The Morgan fingerprint density at radius 3 is 2.71 bits per heavy atom. The molecule has 4 nitrogen and oxygen atoms in total. The average Bonchev–Trinajstić information content (AvgIpc) is 3.18. The van der Waals surface area contributed by atoms with E-state index in [0.29, 0.717) is 5.41 Å². The molecule has 3 N–H and O–H groups in total. The summed E-state index contributed by atoms with van der Waals surface area (Å²) in [5.41, 5.74) is 8.43. The Balaban J connectivity index is 1.72. The Morgan fingerprint density at radius 1 is 1.47 bits per heavy atom. The molecule has 0 aliphatic heterocycles. The van der Waals surface area contributed by atoms with Gasteiger partial charge in [0, 0.05) is 13.1 Å². The van der Waals surface area contributed by atoms with E-state index < -0.39 is 0 Å². The third kappa shape index (κ3) is 1.79. The predicted octanol–water partition coefficient (Wildman–Crippen LogP) is 2.40. The summed E-state index contributed by atoms with van der Waals surface area (Å²) in [6.45, 7) is 6.02. The first-order valence-corrected chi connectivity index (χ1v) is 6.73. The Hall–Kier alpha value is -1.19. The van der Waals surface area contributed by atoms with Gasteiger partial charge in [-0.2, -0.15) is 5.10 Å². The van der Waals surface area contributed by atoms with Crippen LogP contribution in [-0.4, -0.2) is 16.3 Å². The normalized spacial score (nSPS) is 21.5. The molecule has 4 heteroatoms. The molecule has 0 bridgehead atoms. The summed E-state index contributed by atoms with van der Waals surface area (Å²) in [4.78, 5) is 0. The average molecular weight is 234 g/mol.